The molecule has 1 heterocycles. The van der Waals surface area contributed by atoms with Gasteiger partial charge in [0.2, 0.25) is 21.8 Å². The number of allylic oxidation sites excluding steroid dienone is 2. The average Bonchev–Trinajstić information content (AvgIpc) is 3.78. The third-order valence-corrected chi connectivity index (χ3v) is 15.3. The standard InChI is InChI=1S/C31H56N4O7SSi/c1-30(2,3)41-29(38)33-25(28(37)35-20-22(19-26(35)32)42-44(7,8)31(4,5)6)15-13-11-9-10-12-14-21-18-24(21)27(36)34-43(39,40)23-16-17-23/h12,14,21-26H,9-11,13,15-20,32H2,1-8H3,(H,33,38)(H,34,36)/b14-12-/t21-,22-,24+,25+,26?/m1/s1. The molecule has 1 aliphatic heterocycles. The number of hydrogen-bond acceptors (Lipinski definition) is 8. The van der Waals surface area contributed by atoms with Gasteiger partial charge in [0.05, 0.1) is 17.5 Å². The van der Waals surface area contributed by atoms with Gasteiger partial charge in [0.15, 0.2) is 8.32 Å². The summed E-state index contributed by atoms with van der Waals surface area (Å²) in [5.41, 5.74) is 5.72. The summed E-state index contributed by atoms with van der Waals surface area (Å²) in [6.45, 7) is 16.7. The van der Waals surface area contributed by atoms with E-state index >= 15 is 0 Å². The molecule has 0 bridgehead atoms. The normalized spacial score (nSPS) is 25.2. The van der Waals surface area contributed by atoms with E-state index in [9.17, 15) is 22.8 Å². The van der Waals surface area contributed by atoms with Crippen molar-refractivity contribution in [1.29, 1.82) is 0 Å². The molecule has 3 aliphatic rings. The molecule has 4 N–H and O–H groups in total. The Hall–Kier alpha value is -1.96. The Kier molecular flexibility index (Phi) is 11.8. The summed E-state index contributed by atoms with van der Waals surface area (Å²) >= 11 is 0. The van der Waals surface area contributed by atoms with Crippen molar-refractivity contribution in [1.82, 2.24) is 14.9 Å². The lowest BCUT2D eigenvalue weighted by Gasteiger charge is -2.38. The molecule has 0 aromatic rings. The van der Waals surface area contributed by atoms with E-state index in [2.05, 4.69) is 43.9 Å². The number of carbonyl (C=O) groups is 3. The Balaban J connectivity index is 1.47. The van der Waals surface area contributed by atoms with Crippen LogP contribution in [0.5, 0.6) is 0 Å². The minimum atomic E-state index is -3.50. The fourth-order valence-electron chi connectivity index (χ4n) is 5.13. The van der Waals surface area contributed by atoms with Crippen LogP contribution in [0.25, 0.3) is 0 Å². The maximum absolute atomic E-state index is 13.7. The van der Waals surface area contributed by atoms with Gasteiger partial charge in [-0.3, -0.25) is 14.3 Å². The van der Waals surface area contributed by atoms with Gasteiger partial charge >= 0.3 is 6.09 Å². The van der Waals surface area contributed by atoms with Crippen molar-refractivity contribution >= 4 is 36.2 Å². The van der Waals surface area contributed by atoms with Crippen LogP contribution in [0.1, 0.15) is 99.3 Å². The zero-order chi connectivity index (χ0) is 33.1. The van der Waals surface area contributed by atoms with Gasteiger partial charge in [-0.1, -0.05) is 45.8 Å². The van der Waals surface area contributed by atoms with E-state index in [1.807, 2.05) is 12.2 Å². The van der Waals surface area contributed by atoms with Crippen LogP contribution >= 0.6 is 0 Å². The number of nitrogens with zero attached hydrogens (tertiary/aromatic N) is 1. The summed E-state index contributed by atoms with van der Waals surface area (Å²) in [5.74, 6) is -0.797. The first-order valence-corrected chi connectivity index (χ1v) is 20.6. The number of amides is 3. The highest BCUT2D eigenvalue weighted by molar-refractivity contribution is 7.90. The molecular weight excluding hydrogens is 601 g/mol. The number of ether oxygens (including phenoxy) is 1. The largest absolute Gasteiger partial charge is 0.444 e. The molecule has 0 aromatic heterocycles. The summed E-state index contributed by atoms with van der Waals surface area (Å²) < 4.78 is 38.2. The molecule has 44 heavy (non-hydrogen) atoms. The minimum absolute atomic E-state index is 0.0399. The van der Waals surface area contributed by atoms with Gasteiger partial charge in [-0.05, 0) is 83.3 Å². The number of rotatable bonds is 14. The third kappa shape index (κ3) is 10.8. The van der Waals surface area contributed by atoms with Crippen LogP contribution in [0.4, 0.5) is 4.79 Å². The zero-order valence-electron chi connectivity index (χ0n) is 28.0. The van der Waals surface area contributed by atoms with Gasteiger partial charge in [-0.2, -0.15) is 0 Å². The highest BCUT2D eigenvalue weighted by atomic mass is 32.2. The zero-order valence-corrected chi connectivity index (χ0v) is 29.8. The molecule has 0 aromatic carbocycles. The molecule has 3 amide bonds. The van der Waals surface area contributed by atoms with Crippen molar-refractivity contribution in [2.45, 2.75) is 147 Å². The molecule has 2 aliphatic carbocycles. The second-order valence-corrected chi connectivity index (χ2v) is 22.0. The second-order valence-electron chi connectivity index (χ2n) is 15.3. The Bertz CT molecular complexity index is 1170. The highest BCUT2D eigenvalue weighted by Gasteiger charge is 2.45. The highest BCUT2D eigenvalue weighted by Crippen LogP contribution is 2.41. The number of nitrogens with two attached hydrogens (primary N) is 1. The van der Waals surface area contributed by atoms with E-state index in [1.54, 1.807) is 25.7 Å². The van der Waals surface area contributed by atoms with Gasteiger partial charge in [0.1, 0.15) is 11.6 Å². The van der Waals surface area contributed by atoms with Gasteiger partial charge < -0.3 is 25.1 Å². The molecule has 252 valence electrons. The number of hydrogen-bond donors (Lipinski definition) is 3. The topological polar surface area (TPSA) is 157 Å². The Labute approximate surface area is 265 Å². The summed E-state index contributed by atoms with van der Waals surface area (Å²) in [5, 5.41) is 2.43. The molecule has 3 fully saturated rings. The first-order valence-electron chi connectivity index (χ1n) is 16.2. The summed E-state index contributed by atoms with van der Waals surface area (Å²) in [6, 6.07) is -0.754. The number of unbranched alkanes of at least 4 members (excludes halogenated alkanes) is 3. The minimum Gasteiger partial charge on any atom is -0.444 e. The van der Waals surface area contributed by atoms with Crippen LogP contribution in [0, 0.1) is 11.8 Å². The van der Waals surface area contributed by atoms with Crippen molar-refractivity contribution in [3.05, 3.63) is 12.2 Å². The quantitative estimate of drug-likeness (QED) is 0.140. The maximum atomic E-state index is 13.7. The fourth-order valence-corrected chi connectivity index (χ4v) is 7.84. The Morgan fingerprint density at radius 3 is 2.30 bits per heavy atom. The molecule has 5 atom stereocenters. The van der Waals surface area contributed by atoms with Crippen LogP contribution in [-0.2, 0) is 28.8 Å². The number of alkyl carbamates (subject to hydrolysis) is 1. The van der Waals surface area contributed by atoms with E-state index in [4.69, 9.17) is 14.9 Å². The van der Waals surface area contributed by atoms with Crippen LogP contribution < -0.4 is 15.8 Å². The molecule has 1 saturated heterocycles. The van der Waals surface area contributed by atoms with Crippen molar-refractivity contribution in [3.8, 4) is 0 Å². The van der Waals surface area contributed by atoms with Crippen LogP contribution in [-0.4, -0.2) is 75.3 Å². The van der Waals surface area contributed by atoms with Crippen molar-refractivity contribution in [2.75, 3.05) is 6.54 Å². The lowest BCUT2D eigenvalue weighted by molar-refractivity contribution is -0.134. The van der Waals surface area contributed by atoms with Crippen LogP contribution in [0.2, 0.25) is 18.1 Å². The smallest absolute Gasteiger partial charge is 0.408 e. The predicted octanol–water partition coefficient (Wildman–Crippen LogP) is 4.54. The lowest BCUT2D eigenvalue weighted by Crippen LogP contribution is -2.53. The molecule has 0 radical (unpaired) electrons. The number of likely N-dealkylation sites (tertiary alicyclic amines) is 1. The number of sulfonamides is 1. The van der Waals surface area contributed by atoms with Crippen LogP contribution in [0.3, 0.4) is 0 Å². The van der Waals surface area contributed by atoms with E-state index in [-0.39, 0.29) is 28.9 Å². The maximum Gasteiger partial charge on any atom is 0.408 e. The average molecular weight is 657 g/mol. The summed E-state index contributed by atoms with van der Waals surface area (Å²) in [6.07, 6.45) is 9.00. The van der Waals surface area contributed by atoms with Crippen LogP contribution in [0.15, 0.2) is 12.2 Å². The third-order valence-electron chi connectivity index (χ3n) is 8.97. The van der Waals surface area contributed by atoms with Gasteiger partial charge in [0.25, 0.3) is 0 Å². The SMILES string of the molecule is CC(C)(C)OC(=O)N[C@@H](CCCCC/C=C\[C@@H]1C[C@@H]1C(=O)NS(=O)(=O)C1CC1)C(=O)N1C[C@H](O[Si](C)(C)C(C)(C)C)CC1N. The van der Waals surface area contributed by atoms with E-state index in [1.165, 1.54) is 0 Å². The first-order chi connectivity index (χ1) is 20.2. The number of nitrogens with one attached hydrogen (secondary N) is 2. The van der Waals surface area contributed by atoms with Gasteiger partial charge in [0, 0.05) is 18.9 Å². The lowest BCUT2D eigenvalue weighted by atomic mass is 10.1. The van der Waals surface area contributed by atoms with Gasteiger partial charge in [-0.15, -0.1) is 0 Å². The predicted molar refractivity (Wildman–Crippen MR) is 173 cm³/mol. The molecule has 11 nitrogen and oxygen atoms in total. The van der Waals surface area contributed by atoms with Crippen molar-refractivity contribution < 1.29 is 32.0 Å². The molecule has 3 rings (SSSR count). The Morgan fingerprint density at radius 1 is 1.05 bits per heavy atom. The molecule has 2 saturated carbocycles. The van der Waals surface area contributed by atoms with Gasteiger partial charge in [-0.25, -0.2) is 13.2 Å². The second kappa shape index (κ2) is 14.2. The molecule has 0 spiro atoms. The first kappa shape index (κ1) is 36.5. The molecular formula is C31H56N4O7SSi. The summed E-state index contributed by atoms with van der Waals surface area (Å²) in [4.78, 5) is 40.2. The molecule has 13 heteroatoms. The van der Waals surface area contributed by atoms with E-state index in [0.717, 1.165) is 25.7 Å². The summed E-state index contributed by atoms with van der Waals surface area (Å²) in [7, 11) is -5.54. The number of carbonyl (C=O) groups excluding carboxylic acids is 3. The van der Waals surface area contributed by atoms with Crippen molar-refractivity contribution in [2.24, 2.45) is 17.6 Å². The fraction of sp³-hybridized carbons (Fsp3) is 0.839. The van der Waals surface area contributed by atoms with E-state index < -0.39 is 53.4 Å². The monoisotopic (exact) mass is 656 g/mol. The molecule has 1 unspecified atom stereocenters. The van der Waals surface area contributed by atoms with E-state index in [0.29, 0.717) is 38.6 Å². The Morgan fingerprint density at radius 2 is 1.70 bits per heavy atom. The van der Waals surface area contributed by atoms with Crippen molar-refractivity contribution in [3.63, 3.8) is 0 Å².